The highest BCUT2D eigenvalue weighted by atomic mass is 32.2. The molecule has 0 radical (unpaired) electrons. The smallest absolute Gasteiger partial charge is 0.446 e. The number of hydrogen-bond donors (Lipinski definition) is 2. The molecular weight excluding hydrogens is 349 g/mol. The number of nitrogens with one attached hydrogen (secondary N) is 1. The monoisotopic (exact) mass is 374 g/mol. The van der Waals surface area contributed by atoms with Crippen molar-refractivity contribution >= 4 is 11.8 Å². The Morgan fingerprint density at radius 1 is 1.12 bits per heavy atom. The van der Waals surface area contributed by atoms with Crippen LogP contribution in [0.5, 0.6) is 5.75 Å². The lowest BCUT2D eigenvalue weighted by molar-refractivity contribution is -0.0328. The zero-order valence-corrected chi connectivity index (χ0v) is 15.0. The van der Waals surface area contributed by atoms with Crippen molar-refractivity contribution in [2.45, 2.75) is 48.5 Å². The van der Waals surface area contributed by atoms with Gasteiger partial charge in [0.2, 0.25) is 0 Å². The molecule has 2 aliphatic rings. The minimum absolute atomic E-state index is 0.00353. The molecule has 1 saturated heterocycles. The lowest BCUT2D eigenvalue weighted by Gasteiger charge is -2.41. The van der Waals surface area contributed by atoms with E-state index in [2.05, 4.69) is 10.2 Å². The lowest BCUT2D eigenvalue weighted by atomic mass is 9.80. The summed E-state index contributed by atoms with van der Waals surface area (Å²) in [6, 6.07) is 4.32. The molecule has 3 rings (SSSR count). The lowest BCUT2D eigenvalue weighted by Crippen LogP contribution is -2.47. The van der Waals surface area contributed by atoms with Crippen LogP contribution in [0.1, 0.15) is 43.7 Å². The second kappa shape index (κ2) is 8.18. The van der Waals surface area contributed by atoms with Gasteiger partial charge in [0.1, 0.15) is 5.75 Å². The normalized spacial score (nSPS) is 22.0. The van der Waals surface area contributed by atoms with Gasteiger partial charge in [-0.2, -0.15) is 13.2 Å². The van der Waals surface area contributed by atoms with Gasteiger partial charge in [-0.3, -0.25) is 4.90 Å². The summed E-state index contributed by atoms with van der Waals surface area (Å²) < 4.78 is 38.3. The average Bonchev–Trinajstić information content (AvgIpc) is 2.59. The van der Waals surface area contributed by atoms with Crippen molar-refractivity contribution in [3.8, 4) is 5.75 Å². The Bertz CT molecular complexity index is 552. The first kappa shape index (κ1) is 18.9. The molecule has 2 fully saturated rings. The zero-order chi connectivity index (χ0) is 17.9. The summed E-state index contributed by atoms with van der Waals surface area (Å²) in [5.41, 5.74) is -3.66. The van der Waals surface area contributed by atoms with Gasteiger partial charge in [0, 0.05) is 42.7 Å². The van der Waals surface area contributed by atoms with Crippen LogP contribution in [0.25, 0.3) is 0 Å². The predicted octanol–water partition coefficient (Wildman–Crippen LogP) is 4.53. The standard InChI is InChI=1S/C18H25F3N2OS/c19-18(20,21)25-14-6-7-16(24)15(12-14)17(13-4-2-1-3-5-13)23-10-8-22-9-11-23/h6-7,12-13,17,22,24H,1-5,8-11H2/t17-/m0/s1. The quantitative estimate of drug-likeness (QED) is 0.759. The van der Waals surface area contributed by atoms with Crippen molar-refractivity contribution in [1.29, 1.82) is 0 Å². The maximum absolute atomic E-state index is 12.8. The van der Waals surface area contributed by atoms with E-state index in [1.165, 1.54) is 18.6 Å². The molecule has 0 unspecified atom stereocenters. The molecule has 25 heavy (non-hydrogen) atoms. The fourth-order valence-corrected chi connectivity index (χ4v) is 4.71. The number of halogens is 3. The van der Waals surface area contributed by atoms with E-state index in [4.69, 9.17) is 0 Å². The van der Waals surface area contributed by atoms with Crippen molar-refractivity contribution < 1.29 is 18.3 Å². The number of thioether (sulfide) groups is 1. The fourth-order valence-electron chi connectivity index (χ4n) is 4.13. The summed E-state index contributed by atoms with van der Waals surface area (Å²) in [5.74, 6) is 0.504. The van der Waals surface area contributed by atoms with Crippen molar-refractivity contribution in [1.82, 2.24) is 10.2 Å². The molecule has 0 bridgehead atoms. The Hall–Kier alpha value is -0.920. The van der Waals surface area contributed by atoms with Gasteiger partial charge in [-0.25, -0.2) is 0 Å². The summed E-state index contributed by atoms with van der Waals surface area (Å²) in [6.45, 7) is 3.47. The molecule has 1 atom stereocenters. The first-order chi connectivity index (χ1) is 11.9. The average molecular weight is 374 g/mol. The van der Waals surface area contributed by atoms with E-state index in [1.54, 1.807) is 6.07 Å². The van der Waals surface area contributed by atoms with Crippen molar-refractivity contribution in [3.63, 3.8) is 0 Å². The Balaban J connectivity index is 1.92. The first-order valence-corrected chi connectivity index (χ1v) is 9.79. The van der Waals surface area contributed by atoms with Gasteiger partial charge in [-0.05, 0) is 48.7 Å². The van der Waals surface area contributed by atoms with Crippen LogP contribution in [-0.4, -0.2) is 41.7 Å². The zero-order valence-electron chi connectivity index (χ0n) is 14.2. The number of benzene rings is 1. The van der Waals surface area contributed by atoms with Crippen LogP contribution < -0.4 is 5.32 Å². The summed E-state index contributed by atoms with van der Waals surface area (Å²) in [7, 11) is 0. The third kappa shape index (κ3) is 5.05. The molecular formula is C18H25F3N2OS. The molecule has 1 saturated carbocycles. The third-order valence-corrected chi connectivity index (χ3v) is 5.91. The van der Waals surface area contributed by atoms with E-state index < -0.39 is 5.51 Å². The number of hydrogen-bond acceptors (Lipinski definition) is 4. The van der Waals surface area contributed by atoms with Crippen LogP contribution >= 0.6 is 11.8 Å². The van der Waals surface area contributed by atoms with E-state index >= 15 is 0 Å². The van der Waals surface area contributed by atoms with Crippen LogP contribution in [-0.2, 0) is 0 Å². The maximum atomic E-state index is 12.8. The third-order valence-electron chi connectivity index (χ3n) is 5.19. The minimum Gasteiger partial charge on any atom is -0.508 e. The summed E-state index contributed by atoms with van der Waals surface area (Å²) in [6.07, 6.45) is 5.69. The predicted molar refractivity (Wildman–Crippen MR) is 93.8 cm³/mol. The largest absolute Gasteiger partial charge is 0.508 e. The fraction of sp³-hybridized carbons (Fsp3) is 0.667. The molecule has 1 aliphatic heterocycles. The second-order valence-electron chi connectivity index (χ2n) is 6.90. The number of phenolic OH excluding ortho intramolecular Hbond substituents is 1. The molecule has 1 aromatic rings. The van der Waals surface area contributed by atoms with Crippen LogP contribution in [0, 0.1) is 5.92 Å². The molecule has 1 aromatic carbocycles. The number of piperazine rings is 1. The van der Waals surface area contributed by atoms with Crippen molar-refractivity contribution in [2.75, 3.05) is 26.2 Å². The number of nitrogens with zero attached hydrogens (tertiary/aromatic N) is 1. The van der Waals surface area contributed by atoms with E-state index in [1.807, 2.05) is 0 Å². The van der Waals surface area contributed by atoms with Gasteiger partial charge in [-0.15, -0.1) is 0 Å². The molecule has 0 spiro atoms. The summed E-state index contributed by atoms with van der Waals surface area (Å²) >= 11 is -0.108. The Morgan fingerprint density at radius 3 is 2.44 bits per heavy atom. The Labute approximate surface area is 151 Å². The van der Waals surface area contributed by atoms with E-state index in [-0.39, 0.29) is 28.4 Å². The highest BCUT2D eigenvalue weighted by Crippen LogP contribution is 2.44. The molecule has 2 N–H and O–H groups in total. The Kier molecular flexibility index (Phi) is 6.17. The maximum Gasteiger partial charge on any atom is 0.446 e. The van der Waals surface area contributed by atoms with E-state index in [0.29, 0.717) is 11.5 Å². The van der Waals surface area contributed by atoms with Gasteiger partial charge in [0.05, 0.1) is 0 Å². The molecule has 7 heteroatoms. The van der Waals surface area contributed by atoms with Crippen LogP contribution in [0.2, 0.25) is 0 Å². The van der Waals surface area contributed by atoms with E-state index in [9.17, 15) is 18.3 Å². The van der Waals surface area contributed by atoms with Gasteiger partial charge >= 0.3 is 5.51 Å². The van der Waals surface area contributed by atoms with Crippen molar-refractivity contribution in [2.24, 2.45) is 5.92 Å². The summed E-state index contributed by atoms with van der Waals surface area (Å²) in [5, 5.41) is 13.8. The first-order valence-electron chi connectivity index (χ1n) is 8.97. The molecule has 0 aromatic heterocycles. The molecule has 0 amide bonds. The van der Waals surface area contributed by atoms with Crippen LogP contribution in [0.3, 0.4) is 0 Å². The number of aromatic hydroxyl groups is 1. The number of phenols is 1. The van der Waals surface area contributed by atoms with Gasteiger partial charge in [0.15, 0.2) is 0 Å². The minimum atomic E-state index is -4.32. The van der Waals surface area contributed by atoms with Gasteiger partial charge < -0.3 is 10.4 Å². The second-order valence-corrected chi connectivity index (χ2v) is 8.04. The van der Waals surface area contributed by atoms with Crippen molar-refractivity contribution in [3.05, 3.63) is 23.8 Å². The molecule has 140 valence electrons. The Morgan fingerprint density at radius 2 is 1.80 bits per heavy atom. The topological polar surface area (TPSA) is 35.5 Å². The molecule has 1 heterocycles. The van der Waals surface area contributed by atoms with E-state index in [0.717, 1.165) is 51.9 Å². The number of rotatable bonds is 4. The van der Waals surface area contributed by atoms with Crippen LogP contribution in [0.15, 0.2) is 23.1 Å². The van der Waals surface area contributed by atoms with Crippen LogP contribution in [0.4, 0.5) is 13.2 Å². The SMILES string of the molecule is Oc1ccc(SC(F)(F)F)cc1[C@H](C1CCCCC1)N1CCNCC1. The van der Waals surface area contributed by atoms with Gasteiger partial charge in [0.25, 0.3) is 0 Å². The van der Waals surface area contributed by atoms with Gasteiger partial charge in [-0.1, -0.05) is 19.3 Å². The number of alkyl halides is 3. The highest BCUT2D eigenvalue weighted by Gasteiger charge is 2.34. The molecule has 1 aliphatic carbocycles. The highest BCUT2D eigenvalue weighted by molar-refractivity contribution is 8.00. The summed E-state index contributed by atoms with van der Waals surface area (Å²) in [4.78, 5) is 2.49. The molecule has 3 nitrogen and oxygen atoms in total.